The second-order valence-corrected chi connectivity index (χ2v) is 6.42. The molecule has 1 atom stereocenters. The van der Waals surface area contributed by atoms with E-state index in [9.17, 15) is 9.18 Å². The van der Waals surface area contributed by atoms with Crippen LogP contribution in [-0.4, -0.2) is 42.3 Å². The Balaban J connectivity index is 2.03. The SMILES string of the molecule is C[C@H]1CN(c2ccccc2F)CCN1C(=O)OC(C)(C)C. The van der Waals surface area contributed by atoms with E-state index >= 15 is 0 Å². The highest BCUT2D eigenvalue weighted by atomic mass is 19.1. The molecule has 0 unspecified atom stereocenters. The molecule has 1 fully saturated rings. The molecule has 0 radical (unpaired) electrons. The Morgan fingerprint density at radius 3 is 2.52 bits per heavy atom. The molecule has 0 saturated carbocycles. The largest absolute Gasteiger partial charge is 0.444 e. The van der Waals surface area contributed by atoms with E-state index in [-0.39, 0.29) is 18.0 Å². The minimum atomic E-state index is -0.501. The monoisotopic (exact) mass is 294 g/mol. The molecule has 4 nitrogen and oxygen atoms in total. The van der Waals surface area contributed by atoms with E-state index < -0.39 is 5.60 Å². The van der Waals surface area contributed by atoms with Gasteiger partial charge in [-0.25, -0.2) is 9.18 Å². The third kappa shape index (κ3) is 3.86. The predicted octanol–water partition coefficient (Wildman–Crippen LogP) is 3.27. The number of para-hydroxylation sites is 1. The third-order valence-electron chi connectivity index (χ3n) is 3.45. The fourth-order valence-corrected chi connectivity index (χ4v) is 2.48. The molecular formula is C16H23FN2O2. The summed E-state index contributed by atoms with van der Waals surface area (Å²) in [5, 5.41) is 0. The van der Waals surface area contributed by atoms with Crippen molar-refractivity contribution in [3.8, 4) is 0 Å². The second kappa shape index (κ2) is 5.92. The highest BCUT2D eigenvalue weighted by molar-refractivity contribution is 5.69. The predicted molar refractivity (Wildman–Crippen MR) is 81.0 cm³/mol. The Morgan fingerprint density at radius 1 is 1.29 bits per heavy atom. The molecule has 1 aliphatic rings. The zero-order valence-electron chi connectivity index (χ0n) is 13.1. The van der Waals surface area contributed by atoms with Crippen LogP contribution in [0.5, 0.6) is 0 Å². The van der Waals surface area contributed by atoms with Crippen LogP contribution in [-0.2, 0) is 4.74 Å². The molecule has 0 spiro atoms. The first-order valence-electron chi connectivity index (χ1n) is 7.27. The lowest BCUT2D eigenvalue weighted by Gasteiger charge is -2.41. The maximum absolute atomic E-state index is 13.8. The molecule has 5 heteroatoms. The summed E-state index contributed by atoms with van der Waals surface area (Å²) >= 11 is 0. The van der Waals surface area contributed by atoms with Crippen LogP contribution in [0.1, 0.15) is 27.7 Å². The summed E-state index contributed by atoms with van der Waals surface area (Å²) in [6.45, 7) is 9.24. The van der Waals surface area contributed by atoms with Crippen molar-refractivity contribution in [2.75, 3.05) is 24.5 Å². The van der Waals surface area contributed by atoms with Crippen LogP contribution in [0.15, 0.2) is 24.3 Å². The summed E-state index contributed by atoms with van der Waals surface area (Å²) in [4.78, 5) is 15.8. The van der Waals surface area contributed by atoms with Crippen LogP contribution >= 0.6 is 0 Å². The summed E-state index contributed by atoms with van der Waals surface area (Å²) in [6.07, 6.45) is -0.303. The topological polar surface area (TPSA) is 32.8 Å². The number of halogens is 1. The molecule has 0 bridgehead atoms. The molecule has 0 aliphatic carbocycles. The number of amides is 1. The molecule has 0 aromatic heterocycles. The quantitative estimate of drug-likeness (QED) is 0.797. The van der Waals surface area contributed by atoms with Gasteiger partial charge in [-0.15, -0.1) is 0 Å². The van der Waals surface area contributed by atoms with E-state index in [0.29, 0.717) is 25.3 Å². The summed E-state index contributed by atoms with van der Waals surface area (Å²) in [5.74, 6) is -0.226. The van der Waals surface area contributed by atoms with Gasteiger partial charge in [-0.1, -0.05) is 12.1 Å². The van der Waals surface area contributed by atoms with Gasteiger partial charge in [-0.3, -0.25) is 0 Å². The van der Waals surface area contributed by atoms with Gasteiger partial charge >= 0.3 is 6.09 Å². The molecule has 21 heavy (non-hydrogen) atoms. The number of anilines is 1. The van der Waals surface area contributed by atoms with E-state index in [1.54, 1.807) is 17.0 Å². The van der Waals surface area contributed by atoms with E-state index in [1.807, 2.05) is 38.7 Å². The molecule has 2 rings (SSSR count). The summed E-state index contributed by atoms with van der Waals surface area (Å²) < 4.78 is 19.2. The number of carbonyl (C=O) groups is 1. The standard InChI is InChI=1S/C16H23FN2O2/c1-12-11-18(14-8-6-5-7-13(14)17)9-10-19(12)15(20)21-16(2,3)4/h5-8,12H,9-11H2,1-4H3/t12-/m0/s1. The van der Waals surface area contributed by atoms with Gasteiger partial charge in [0.05, 0.1) is 5.69 Å². The maximum atomic E-state index is 13.8. The van der Waals surface area contributed by atoms with E-state index in [4.69, 9.17) is 4.74 Å². The van der Waals surface area contributed by atoms with Crippen molar-refractivity contribution in [2.24, 2.45) is 0 Å². The lowest BCUT2D eigenvalue weighted by Crippen LogP contribution is -2.55. The van der Waals surface area contributed by atoms with Crippen molar-refractivity contribution in [1.82, 2.24) is 4.90 Å². The van der Waals surface area contributed by atoms with Gasteiger partial charge in [-0.2, -0.15) is 0 Å². The van der Waals surface area contributed by atoms with Crippen LogP contribution in [0.25, 0.3) is 0 Å². The Labute approximate surface area is 125 Å². The average molecular weight is 294 g/mol. The van der Waals surface area contributed by atoms with Crippen molar-refractivity contribution in [3.63, 3.8) is 0 Å². The van der Waals surface area contributed by atoms with E-state index in [1.165, 1.54) is 6.07 Å². The minimum Gasteiger partial charge on any atom is -0.444 e. The number of benzene rings is 1. The number of piperazine rings is 1. The number of carbonyl (C=O) groups excluding carboxylic acids is 1. The van der Waals surface area contributed by atoms with Gasteiger partial charge in [0.1, 0.15) is 11.4 Å². The van der Waals surface area contributed by atoms with Crippen molar-refractivity contribution < 1.29 is 13.9 Å². The number of hydrogen-bond donors (Lipinski definition) is 0. The Kier molecular flexibility index (Phi) is 4.40. The van der Waals surface area contributed by atoms with Gasteiger partial charge < -0.3 is 14.5 Å². The first-order valence-corrected chi connectivity index (χ1v) is 7.27. The first kappa shape index (κ1) is 15.6. The van der Waals surface area contributed by atoms with Gasteiger partial charge in [-0.05, 0) is 39.8 Å². The summed E-state index contributed by atoms with van der Waals surface area (Å²) in [5.41, 5.74) is 0.0904. The van der Waals surface area contributed by atoms with Crippen molar-refractivity contribution in [2.45, 2.75) is 39.3 Å². The highest BCUT2D eigenvalue weighted by Crippen LogP contribution is 2.23. The molecule has 116 valence electrons. The molecule has 1 heterocycles. The fourth-order valence-electron chi connectivity index (χ4n) is 2.48. The molecule has 1 aliphatic heterocycles. The van der Waals surface area contributed by atoms with Gasteiger partial charge in [0.15, 0.2) is 0 Å². The smallest absolute Gasteiger partial charge is 0.410 e. The minimum absolute atomic E-state index is 0.0202. The number of ether oxygens (including phenoxy) is 1. The molecule has 1 saturated heterocycles. The van der Waals surface area contributed by atoms with Crippen LogP contribution < -0.4 is 4.90 Å². The lowest BCUT2D eigenvalue weighted by molar-refractivity contribution is 0.0159. The Hall–Kier alpha value is -1.78. The normalized spacial score (nSPS) is 19.6. The third-order valence-corrected chi connectivity index (χ3v) is 3.45. The summed E-state index contributed by atoms with van der Waals surface area (Å²) in [6, 6.07) is 6.71. The fraction of sp³-hybridized carbons (Fsp3) is 0.562. The van der Waals surface area contributed by atoms with Crippen molar-refractivity contribution in [3.05, 3.63) is 30.1 Å². The van der Waals surface area contributed by atoms with Gasteiger partial charge in [0, 0.05) is 25.7 Å². The molecule has 1 aromatic carbocycles. The zero-order chi connectivity index (χ0) is 15.6. The molecular weight excluding hydrogens is 271 g/mol. The van der Waals surface area contributed by atoms with Crippen molar-refractivity contribution in [1.29, 1.82) is 0 Å². The van der Waals surface area contributed by atoms with Gasteiger partial charge in [0.2, 0.25) is 0 Å². The molecule has 1 amide bonds. The van der Waals surface area contributed by atoms with E-state index in [0.717, 1.165) is 0 Å². The Bertz CT molecular complexity index is 513. The lowest BCUT2D eigenvalue weighted by atomic mass is 10.1. The molecule has 1 aromatic rings. The van der Waals surface area contributed by atoms with Crippen molar-refractivity contribution >= 4 is 11.8 Å². The zero-order valence-corrected chi connectivity index (χ0v) is 13.1. The van der Waals surface area contributed by atoms with Crippen LogP contribution in [0.2, 0.25) is 0 Å². The van der Waals surface area contributed by atoms with Crippen LogP contribution in [0, 0.1) is 5.82 Å². The number of hydrogen-bond acceptors (Lipinski definition) is 3. The Morgan fingerprint density at radius 2 is 1.95 bits per heavy atom. The summed E-state index contributed by atoms with van der Waals surface area (Å²) in [7, 11) is 0. The van der Waals surface area contributed by atoms with Crippen LogP contribution in [0.4, 0.5) is 14.9 Å². The van der Waals surface area contributed by atoms with E-state index in [2.05, 4.69) is 0 Å². The first-order chi connectivity index (χ1) is 9.78. The maximum Gasteiger partial charge on any atom is 0.410 e. The number of rotatable bonds is 1. The van der Waals surface area contributed by atoms with Gasteiger partial charge in [0.25, 0.3) is 0 Å². The van der Waals surface area contributed by atoms with Crippen LogP contribution in [0.3, 0.4) is 0 Å². The average Bonchev–Trinajstić information content (AvgIpc) is 2.37. The molecule has 0 N–H and O–H groups in total. The second-order valence-electron chi connectivity index (χ2n) is 6.42. The number of nitrogens with zero attached hydrogens (tertiary/aromatic N) is 2. The highest BCUT2D eigenvalue weighted by Gasteiger charge is 2.31.